The monoisotopic (exact) mass is 417 g/mol. The number of amides is 1. The van der Waals surface area contributed by atoms with E-state index >= 15 is 0 Å². The third kappa shape index (κ3) is 3.80. The predicted molar refractivity (Wildman–Crippen MR) is 110 cm³/mol. The van der Waals surface area contributed by atoms with Crippen LogP contribution in [0.15, 0.2) is 29.9 Å². The second-order valence-electron chi connectivity index (χ2n) is 6.73. The van der Waals surface area contributed by atoms with Crippen LogP contribution < -0.4 is 5.32 Å². The number of ether oxygens (including phenoxy) is 1. The van der Waals surface area contributed by atoms with Crippen molar-refractivity contribution in [3.8, 4) is 0 Å². The molecular weight excluding hydrogens is 398 g/mol. The Morgan fingerprint density at radius 3 is 3.04 bits per heavy atom. The molecule has 9 heteroatoms. The SMILES string of the molecule is CO[C@H]1CCN(C(=O)c2nc(N[C@@H](C)c3cncc(Cl)c3)nc3ccsc23)C1. The van der Waals surface area contributed by atoms with Crippen LogP contribution in [0.25, 0.3) is 10.2 Å². The van der Waals surface area contributed by atoms with Crippen LogP contribution in [-0.2, 0) is 4.74 Å². The molecule has 28 heavy (non-hydrogen) atoms. The van der Waals surface area contributed by atoms with Gasteiger partial charge in [-0.25, -0.2) is 9.97 Å². The smallest absolute Gasteiger partial charge is 0.274 e. The van der Waals surface area contributed by atoms with Crippen molar-refractivity contribution < 1.29 is 9.53 Å². The quantitative estimate of drug-likeness (QED) is 0.680. The molecule has 4 heterocycles. The molecule has 0 spiro atoms. The van der Waals surface area contributed by atoms with Gasteiger partial charge in [0.1, 0.15) is 0 Å². The maximum absolute atomic E-state index is 13.1. The van der Waals surface area contributed by atoms with E-state index < -0.39 is 0 Å². The van der Waals surface area contributed by atoms with Crippen LogP contribution in [0.1, 0.15) is 35.4 Å². The Morgan fingerprint density at radius 1 is 1.43 bits per heavy atom. The number of carbonyl (C=O) groups excluding carboxylic acids is 1. The van der Waals surface area contributed by atoms with Gasteiger partial charge in [-0.05, 0) is 36.4 Å². The fraction of sp³-hybridized carbons (Fsp3) is 0.368. The number of likely N-dealkylation sites (tertiary alicyclic amines) is 1. The van der Waals surface area contributed by atoms with E-state index in [4.69, 9.17) is 16.3 Å². The zero-order valence-corrected chi connectivity index (χ0v) is 17.1. The zero-order chi connectivity index (χ0) is 19.7. The molecular formula is C19H20ClN5O2S. The lowest BCUT2D eigenvalue weighted by Crippen LogP contribution is -2.31. The van der Waals surface area contributed by atoms with Crippen molar-refractivity contribution in [2.45, 2.75) is 25.5 Å². The number of rotatable bonds is 5. The van der Waals surface area contributed by atoms with E-state index in [1.165, 1.54) is 11.3 Å². The third-order valence-corrected chi connectivity index (χ3v) is 5.96. The van der Waals surface area contributed by atoms with Gasteiger partial charge < -0.3 is 15.0 Å². The molecule has 0 aliphatic carbocycles. The van der Waals surface area contributed by atoms with Gasteiger partial charge in [-0.1, -0.05) is 11.6 Å². The Morgan fingerprint density at radius 2 is 2.29 bits per heavy atom. The summed E-state index contributed by atoms with van der Waals surface area (Å²) in [5.41, 5.74) is 2.09. The molecule has 4 rings (SSSR count). The highest BCUT2D eigenvalue weighted by molar-refractivity contribution is 7.17. The van der Waals surface area contributed by atoms with Crippen molar-refractivity contribution in [3.63, 3.8) is 0 Å². The van der Waals surface area contributed by atoms with Crippen LogP contribution in [0, 0.1) is 0 Å². The number of nitrogens with one attached hydrogen (secondary N) is 1. The molecule has 1 aliphatic rings. The summed E-state index contributed by atoms with van der Waals surface area (Å²) >= 11 is 7.51. The van der Waals surface area contributed by atoms with Crippen molar-refractivity contribution in [3.05, 3.63) is 46.2 Å². The van der Waals surface area contributed by atoms with E-state index in [-0.39, 0.29) is 18.1 Å². The Labute approximate surface area is 171 Å². The number of carbonyl (C=O) groups is 1. The standard InChI is InChI=1S/C19H20ClN5O2S/c1-11(12-7-13(20)9-21-8-12)22-19-23-15-4-6-28-17(15)16(24-19)18(26)25-5-3-14(10-25)27-2/h4,6-9,11,14H,3,5,10H2,1-2H3,(H,22,23,24)/t11-,14-/m0/s1. The van der Waals surface area contributed by atoms with Crippen molar-refractivity contribution in [2.75, 3.05) is 25.5 Å². The molecule has 0 aromatic carbocycles. The lowest BCUT2D eigenvalue weighted by atomic mass is 10.1. The normalized spacial score (nSPS) is 17.8. The molecule has 1 aliphatic heterocycles. The topological polar surface area (TPSA) is 80.2 Å². The highest BCUT2D eigenvalue weighted by atomic mass is 35.5. The first-order valence-corrected chi connectivity index (χ1v) is 10.2. The highest BCUT2D eigenvalue weighted by Gasteiger charge is 2.29. The molecule has 1 saturated heterocycles. The minimum Gasteiger partial charge on any atom is -0.380 e. The van der Waals surface area contributed by atoms with Crippen molar-refractivity contribution in [1.82, 2.24) is 19.9 Å². The van der Waals surface area contributed by atoms with E-state index in [9.17, 15) is 4.79 Å². The first-order chi connectivity index (χ1) is 13.5. The molecule has 0 radical (unpaired) electrons. The Bertz CT molecular complexity index is 1010. The van der Waals surface area contributed by atoms with E-state index in [1.807, 2.05) is 24.4 Å². The second kappa shape index (κ2) is 7.98. The van der Waals surface area contributed by atoms with Crippen molar-refractivity contribution in [1.29, 1.82) is 0 Å². The summed E-state index contributed by atoms with van der Waals surface area (Å²) in [4.78, 5) is 28.1. The Balaban J connectivity index is 1.63. The van der Waals surface area contributed by atoms with Gasteiger partial charge in [0, 0.05) is 32.6 Å². The van der Waals surface area contributed by atoms with Gasteiger partial charge in [-0.2, -0.15) is 0 Å². The lowest BCUT2D eigenvalue weighted by Gasteiger charge is -2.18. The molecule has 0 saturated carbocycles. The van der Waals surface area contributed by atoms with E-state index in [2.05, 4.69) is 20.3 Å². The van der Waals surface area contributed by atoms with Gasteiger partial charge in [0.15, 0.2) is 5.69 Å². The molecule has 0 bridgehead atoms. The van der Waals surface area contributed by atoms with Gasteiger partial charge >= 0.3 is 0 Å². The minimum absolute atomic E-state index is 0.0811. The van der Waals surface area contributed by atoms with Gasteiger partial charge in [0.05, 0.1) is 27.4 Å². The maximum atomic E-state index is 13.1. The van der Waals surface area contributed by atoms with Crippen molar-refractivity contribution in [2.24, 2.45) is 0 Å². The number of fused-ring (bicyclic) bond motifs is 1. The average molecular weight is 418 g/mol. The Hall–Kier alpha value is -2.29. The number of anilines is 1. The summed E-state index contributed by atoms with van der Waals surface area (Å²) < 4.78 is 6.18. The number of aromatic nitrogens is 3. The van der Waals surface area contributed by atoms with Gasteiger partial charge in [0.2, 0.25) is 5.95 Å². The van der Waals surface area contributed by atoms with Crippen LogP contribution in [0.5, 0.6) is 0 Å². The van der Waals surface area contributed by atoms with Gasteiger partial charge in [-0.3, -0.25) is 9.78 Å². The molecule has 1 fully saturated rings. The number of halogens is 1. The Kier molecular flexibility index (Phi) is 5.43. The lowest BCUT2D eigenvalue weighted by molar-refractivity contribution is 0.0721. The van der Waals surface area contributed by atoms with E-state index in [1.54, 1.807) is 24.4 Å². The molecule has 0 unspecified atom stereocenters. The number of hydrogen-bond donors (Lipinski definition) is 1. The molecule has 2 atom stereocenters. The molecule has 3 aromatic heterocycles. The molecule has 146 valence electrons. The predicted octanol–water partition coefficient (Wildman–Crippen LogP) is 3.77. The average Bonchev–Trinajstić information content (AvgIpc) is 3.36. The number of pyridine rings is 1. The first-order valence-electron chi connectivity index (χ1n) is 8.99. The molecule has 1 amide bonds. The molecule has 7 nitrogen and oxygen atoms in total. The second-order valence-corrected chi connectivity index (χ2v) is 8.08. The number of thiophene rings is 1. The summed E-state index contributed by atoms with van der Waals surface area (Å²) in [6.07, 6.45) is 4.25. The van der Waals surface area contributed by atoms with Crippen LogP contribution >= 0.6 is 22.9 Å². The number of methoxy groups -OCH3 is 1. The highest BCUT2D eigenvalue weighted by Crippen LogP contribution is 2.27. The van der Waals surface area contributed by atoms with Crippen LogP contribution in [-0.4, -0.2) is 52.1 Å². The summed E-state index contributed by atoms with van der Waals surface area (Å²) in [5, 5.41) is 5.75. The minimum atomic E-state index is -0.116. The maximum Gasteiger partial charge on any atom is 0.274 e. The van der Waals surface area contributed by atoms with Gasteiger partial charge in [0.25, 0.3) is 5.91 Å². The van der Waals surface area contributed by atoms with E-state index in [0.29, 0.717) is 29.8 Å². The summed E-state index contributed by atoms with van der Waals surface area (Å²) in [6.45, 7) is 3.22. The van der Waals surface area contributed by atoms with Crippen LogP contribution in [0.3, 0.4) is 0 Å². The van der Waals surface area contributed by atoms with E-state index in [0.717, 1.165) is 22.2 Å². The van der Waals surface area contributed by atoms with Gasteiger partial charge in [-0.15, -0.1) is 11.3 Å². The molecule has 3 aromatic rings. The largest absolute Gasteiger partial charge is 0.380 e. The van der Waals surface area contributed by atoms with Crippen LogP contribution in [0.4, 0.5) is 5.95 Å². The fourth-order valence-electron chi connectivity index (χ4n) is 3.27. The van der Waals surface area contributed by atoms with Crippen molar-refractivity contribution >= 4 is 45.0 Å². The summed E-state index contributed by atoms with van der Waals surface area (Å²) in [5.74, 6) is 0.318. The van der Waals surface area contributed by atoms with Crippen LogP contribution in [0.2, 0.25) is 5.02 Å². The first kappa shape index (κ1) is 19.0. The molecule has 1 N–H and O–H groups in total. The number of hydrogen-bond acceptors (Lipinski definition) is 7. The summed E-state index contributed by atoms with van der Waals surface area (Å²) in [6, 6.07) is 3.63. The fourth-order valence-corrected chi connectivity index (χ4v) is 4.26. The zero-order valence-electron chi connectivity index (χ0n) is 15.6. The summed E-state index contributed by atoms with van der Waals surface area (Å²) in [7, 11) is 1.68. The number of nitrogens with zero attached hydrogens (tertiary/aromatic N) is 4. The third-order valence-electron chi connectivity index (χ3n) is 4.84.